The van der Waals surface area contributed by atoms with Crippen LogP contribution in [0.2, 0.25) is 0 Å². The van der Waals surface area contributed by atoms with Crippen molar-refractivity contribution in [3.8, 4) is 0 Å². The summed E-state index contributed by atoms with van der Waals surface area (Å²) >= 11 is 0. The molecule has 2 heterocycles. The number of hydrogen-bond acceptors (Lipinski definition) is 2. The first-order valence-electron chi connectivity index (χ1n) is 5.76. The van der Waals surface area contributed by atoms with Gasteiger partial charge in [-0.05, 0) is 31.6 Å². The molecule has 0 amide bonds. The fourth-order valence-corrected chi connectivity index (χ4v) is 3.39. The number of hydrogen-bond donors (Lipinski definition) is 1. The molecule has 1 spiro atoms. The summed E-state index contributed by atoms with van der Waals surface area (Å²) in [6.07, 6.45) is 5.98. The van der Waals surface area contributed by atoms with Gasteiger partial charge >= 0.3 is 0 Å². The van der Waals surface area contributed by atoms with Crippen molar-refractivity contribution in [2.24, 2.45) is 5.41 Å². The summed E-state index contributed by atoms with van der Waals surface area (Å²) in [5, 5.41) is 3.38. The zero-order valence-electron chi connectivity index (χ0n) is 8.55. The van der Waals surface area contributed by atoms with Gasteiger partial charge in [0, 0.05) is 31.7 Å². The van der Waals surface area contributed by atoms with E-state index in [2.05, 4.69) is 17.1 Å². The van der Waals surface area contributed by atoms with Crippen LogP contribution in [-0.4, -0.2) is 36.6 Å². The van der Waals surface area contributed by atoms with Crippen LogP contribution in [0, 0.1) is 5.41 Å². The van der Waals surface area contributed by atoms with Gasteiger partial charge in [0.15, 0.2) is 0 Å². The molecule has 0 aromatic rings. The van der Waals surface area contributed by atoms with Gasteiger partial charge in [-0.3, -0.25) is 4.90 Å². The van der Waals surface area contributed by atoms with Crippen molar-refractivity contribution in [1.82, 2.24) is 10.2 Å². The molecule has 2 nitrogen and oxygen atoms in total. The fraction of sp³-hybridized carbons (Fsp3) is 1.00. The van der Waals surface area contributed by atoms with Crippen molar-refractivity contribution in [3.05, 3.63) is 0 Å². The molecule has 0 bridgehead atoms. The molecule has 1 unspecified atom stereocenters. The Balaban J connectivity index is 1.69. The van der Waals surface area contributed by atoms with E-state index in [0.29, 0.717) is 0 Å². The third-order valence-corrected chi connectivity index (χ3v) is 4.46. The second-order valence-electron chi connectivity index (χ2n) is 5.39. The molecular formula is C11H20N2. The summed E-state index contributed by atoms with van der Waals surface area (Å²) in [5.74, 6) is 0. The normalized spacial score (nSPS) is 39.0. The minimum Gasteiger partial charge on any atom is -0.314 e. The summed E-state index contributed by atoms with van der Waals surface area (Å²) in [5.41, 5.74) is 0.773. The Morgan fingerprint density at radius 3 is 2.46 bits per heavy atom. The Bertz CT molecular complexity index is 206. The first-order valence-corrected chi connectivity index (χ1v) is 5.76. The lowest BCUT2D eigenvalue weighted by molar-refractivity contribution is 0.0989. The minimum absolute atomic E-state index is 0.773. The lowest BCUT2D eigenvalue weighted by Crippen LogP contribution is -2.58. The van der Waals surface area contributed by atoms with Crippen molar-refractivity contribution in [3.63, 3.8) is 0 Å². The minimum atomic E-state index is 0.773. The number of rotatable bonds is 1. The molecule has 1 atom stereocenters. The van der Waals surface area contributed by atoms with Gasteiger partial charge in [0.05, 0.1) is 0 Å². The molecule has 13 heavy (non-hydrogen) atoms. The zero-order chi connectivity index (χ0) is 8.89. The predicted molar refractivity (Wildman–Crippen MR) is 53.7 cm³/mol. The first-order chi connectivity index (χ1) is 6.29. The zero-order valence-corrected chi connectivity index (χ0v) is 8.55. The third kappa shape index (κ3) is 1.15. The summed E-state index contributed by atoms with van der Waals surface area (Å²) in [6, 6.07) is 1.72. The topological polar surface area (TPSA) is 15.3 Å². The molecule has 2 aliphatic heterocycles. The molecule has 0 aromatic heterocycles. The van der Waals surface area contributed by atoms with Crippen molar-refractivity contribution in [2.45, 2.75) is 44.7 Å². The van der Waals surface area contributed by atoms with Crippen molar-refractivity contribution in [1.29, 1.82) is 0 Å². The Kier molecular flexibility index (Phi) is 1.72. The van der Waals surface area contributed by atoms with Crippen LogP contribution in [-0.2, 0) is 0 Å². The highest BCUT2D eigenvalue weighted by Crippen LogP contribution is 2.50. The van der Waals surface area contributed by atoms with Gasteiger partial charge in [-0.2, -0.15) is 0 Å². The van der Waals surface area contributed by atoms with Gasteiger partial charge in [0.25, 0.3) is 0 Å². The van der Waals surface area contributed by atoms with E-state index >= 15 is 0 Å². The highest BCUT2D eigenvalue weighted by molar-refractivity contribution is 5.02. The maximum atomic E-state index is 3.38. The molecule has 1 aliphatic carbocycles. The Morgan fingerprint density at radius 1 is 1.31 bits per heavy atom. The van der Waals surface area contributed by atoms with E-state index in [1.165, 1.54) is 45.3 Å². The molecule has 0 aromatic carbocycles. The number of nitrogens with one attached hydrogen (secondary N) is 1. The summed E-state index contributed by atoms with van der Waals surface area (Å²) in [4.78, 5) is 2.76. The molecule has 0 radical (unpaired) electrons. The molecule has 2 saturated heterocycles. The summed E-state index contributed by atoms with van der Waals surface area (Å²) in [6.45, 7) is 6.30. The Labute approximate surface area is 80.7 Å². The van der Waals surface area contributed by atoms with Crippen LogP contribution in [0.1, 0.15) is 32.6 Å². The van der Waals surface area contributed by atoms with Gasteiger partial charge in [0.1, 0.15) is 0 Å². The highest BCUT2D eigenvalue weighted by atomic mass is 15.3. The van der Waals surface area contributed by atoms with Gasteiger partial charge in [-0.25, -0.2) is 0 Å². The molecular weight excluding hydrogens is 160 g/mol. The van der Waals surface area contributed by atoms with E-state index in [4.69, 9.17) is 0 Å². The average Bonchev–Trinajstić information content (AvgIpc) is 2.24. The van der Waals surface area contributed by atoms with Gasteiger partial charge in [-0.15, -0.1) is 0 Å². The molecule has 3 aliphatic rings. The maximum Gasteiger partial charge on any atom is 0.0348 e. The van der Waals surface area contributed by atoms with E-state index in [-0.39, 0.29) is 0 Å². The highest BCUT2D eigenvalue weighted by Gasteiger charge is 2.48. The average molecular weight is 180 g/mol. The largest absolute Gasteiger partial charge is 0.314 e. The second kappa shape index (κ2) is 2.71. The maximum absolute atomic E-state index is 3.38. The molecule has 3 fully saturated rings. The van der Waals surface area contributed by atoms with Crippen LogP contribution in [0.5, 0.6) is 0 Å². The lowest BCUT2D eigenvalue weighted by Gasteiger charge is -2.41. The number of likely N-dealkylation sites (tertiary alicyclic amines) is 1. The standard InChI is InChI=1S/C11H20N2/c1-9-5-11(3-2-4-11)8-13(9)10-6-12-7-10/h9-10,12H,2-8H2,1H3. The molecule has 2 heteroatoms. The van der Waals surface area contributed by atoms with Crippen LogP contribution in [0.15, 0.2) is 0 Å². The molecule has 74 valence electrons. The SMILES string of the molecule is CC1CC2(CCC2)CN1C1CNC1. The van der Waals surface area contributed by atoms with Crippen LogP contribution >= 0.6 is 0 Å². The van der Waals surface area contributed by atoms with Crippen LogP contribution in [0.25, 0.3) is 0 Å². The van der Waals surface area contributed by atoms with Crippen molar-refractivity contribution < 1.29 is 0 Å². The number of nitrogens with zero attached hydrogens (tertiary/aromatic N) is 1. The van der Waals surface area contributed by atoms with E-state index in [9.17, 15) is 0 Å². The molecule has 3 rings (SSSR count). The van der Waals surface area contributed by atoms with E-state index < -0.39 is 0 Å². The Morgan fingerprint density at radius 2 is 2.08 bits per heavy atom. The van der Waals surface area contributed by atoms with Crippen molar-refractivity contribution >= 4 is 0 Å². The third-order valence-electron chi connectivity index (χ3n) is 4.46. The monoisotopic (exact) mass is 180 g/mol. The summed E-state index contributed by atoms with van der Waals surface area (Å²) < 4.78 is 0. The van der Waals surface area contributed by atoms with Gasteiger partial charge in [0.2, 0.25) is 0 Å². The van der Waals surface area contributed by atoms with Crippen LogP contribution in [0.4, 0.5) is 0 Å². The molecule has 1 N–H and O–H groups in total. The lowest BCUT2D eigenvalue weighted by atomic mass is 9.68. The fourth-order valence-electron chi connectivity index (χ4n) is 3.39. The summed E-state index contributed by atoms with van der Waals surface area (Å²) in [7, 11) is 0. The Hall–Kier alpha value is -0.0800. The van der Waals surface area contributed by atoms with Crippen LogP contribution < -0.4 is 5.32 Å². The van der Waals surface area contributed by atoms with Crippen LogP contribution in [0.3, 0.4) is 0 Å². The second-order valence-corrected chi connectivity index (χ2v) is 5.39. The van der Waals surface area contributed by atoms with Gasteiger partial charge < -0.3 is 5.32 Å². The van der Waals surface area contributed by atoms with E-state index in [0.717, 1.165) is 17.5 Å². The van der Waals surface area contributed by atoms with E-state index in [1.54, 1.807) is 0 Å². The van der Waals surface area contributed by atoms with Gasteiger partial charge in [-0.1, -0.05) is 6.42 Å². The smallest absolute Gasteiger partial charge is 0.0348 e. The predicted octanol–water partition coefficient (Wildman–Crippen LogP) is 1.22. The first kappa shape index (κ1) is 8.25. The quantitative estimate of drug-likeness (QED) is 0.653. The molecule has 1 saturated carbocycles. The van der Waals surface area contributed by atoms with E-state index in [1.807, 2.05) is 0 Å². The van der Waals surface area contributed by atoms with Crippen molar-refractivity contribution in [2.75, 3.05) is 19.6 Å².